The molecule has 0 saturated heterocycles. The number of hydrogen-bond donors (Lipinski definition) is 0. The average molecular weight is 174 g/mol. The highest BCUT2D eigenvalue weighted by molar-refractivity contribution is 5.40. The van der Waals surface area contributed by atoms with E-state index in [1.54, 1.807) is 0 Å². The summed E-state index contributed by atoms with van der Waals surface area (Å²) in [4.78, 5) is 0. The van der Waals surface area contributed by atoms with Gasteiger partial charge in [0, 0.05) is 5.57 Å². The summed E-state index contributed by atoms with van der Waals surface area (Å²) in [5.41, 5.74) is 0.106. The topological polar surface area (TPSA) is 0 Å². The van der Waals surface area contributed by atoms with Gasteiger partial charge in [-0.05, 0) is 31.9 Å². The maximum atomic E-state index is 13.0. The number of rotatable bonds is 0. The van der Waals surface area contributed by atoms with Crippen LogP contribution in [0, 0.1) is 0 Å². The van der Waals surface area contributed by atoms with Gasteiger partial charge in [0.05, 0.1) is 0 Å². The van der Waals surface area contributed by atoms with Crippen LogP contribution in [0.15, 0.2) is 34.7 Å². The summed E-state index contributed by atoms with van der Waals surface area (Å²) in [7, 11) is 0. The molecule has 12 heavy (non-hydrogen) atoms. The Bertz CT molecular complexity index is 295. The smallest absolute Gasteiger partial charge is 0.164 e. The molecule has 0 nitrogen and oxygen atoms in total. The normalized spacial score (nSPS) is 19.6. The van der Waals surface area contributed by atoms with Gasteiger partial charge in [-0.2, -0.15) is 0 Å². The highest BCUT2D eigenvalue weighted by Gasteiger charge is 2.16. The Kier molecular flexibility index (Phi) is 2.40. The number of hydrogen-bond acceptors (Lipinski definition) is 0. The van der Waals surface area contributed by atoms with E-state index < -0.39 is 17.5 Å². The second-order valence-electron chi connectivity index (χ2n) is 2.79. The fraction of sp³-hybridized carbons (Fsp3) is 0.333. The maximum absolute atomic E-state index is 13.0. The van der Waals surface area contributed by atoms with E-state index in [0.29, 0.717) is 5.57 Å². The summed E-state index contributed by atoms with van der Waals surface area (Å²) in [5, 5.41) is 0. The first-order valence-electron chi connectivity index (χ1n) is 3.62. The minimum Gasteiger partial charge on any atom is -0.207 e. The van der Waals surface area contributed by atoms with Gasteiger partial charge >= 0.3 is 0 Å². The van der Waals surface area contributed by atoms with Crippen LogP contribution in [0.1, 0.15) is 20.3 Å². The SMILES string of the molecule is CC1=C(F)C(C)=C(F)C(F)=CC1. The van der Waals surface area contributed by atoms with Crippen molar-refractivity contribution >= 4 is 0 Å². The monoisotopic (exact) mass is 174 g/mol. The van der Waals surface area contributed by atoms with Gasteiger partial charge in [0.1, 0.15) is 5.83 Å². The molecule has 1 aliphatic carbocycles. The van der Waals surface area contributed by atoms with Crippen LogP contribution in [0.4, 0.5) is 13.2 Å². The van der Waals surface area contributed by atoms with Crippen molar-refractivity contribution in [3.05, 3.63) is 34.7 Å². The molecule has 0 N–H and O–H groups in total. The van der Waals surface area contributed by atoms with E-state index in [-0.39, 0.29) is 12.0 Å². The van der Waals surface area contributed by atoms with Gasteiger partial charge in [0.2, 0.25) is 0 Å². The zero-order valence-electron chi connectivity index (χ0n) is 6.92. The molecule has 0 spiro atoms. The molecule has 0 amide bonds. The molecule has 3 heteroatoms. The predicted octanol–water partition coefficient (Wildman–Crippen LogP) is 3.73. The fourth-order valence-corrected chi connectivity index (χ4v) is 1.02. The van der Waals surface area contributed by atoms with Gasteiger partial charge in [-0.15, -0.1) is 0 Å². The fourth-order valence-electron chi connectivity index (χ4n) is 1.02. The standard InChI is InChI=1S/C9H9F3/c1-5-3-4-7(10)9(12)6(2)8(5)11/h4H,3H2,1-2H3. The second kappa shape index (κ2) is 3.17. The quantitative estimate of drug-likeness (QED) is 0.524. The molecule has 0 aromatic heterocycles. The number of allylic oxidation sites excluding steroid dienone is 6. The van der Waals surface area contributed by atoms with Gasteiger partial charge < -0.3 is 0 Å². The van der Waals surface area contributed by atoms with Crippen LogP contribution in [0.3, 0.4) is 0 Å². The first-order chi connectivity index (χ1) is 5.54. The van der Waals surface area contributed by atoms with Crippen molar-refractivity contribution in [3.63, 3.8) is 0 Å². The minimum absolute atomic E-state index is 0.127. The van der Waals surface area contributed by atoms with Crippen molar-refractivity contribution in [2.75, 3.05) is 0 Å². The van der Waals surface area contributed by atoms with Crippen LogP contribution in [0.2, 0.25) is 0 Å². The molecule has 0 bridgehead atoms. The van der Waals surface area contributed by atoms with E-state index >= 15 is 0 Å². The van der Waals surface area contributed by atoms with Gasteiger partial charge in [0.25, 0.3) is 0 Å². The highest BCUT2D eigenvalue weighted by atomic mass is 19.2. The molecule has 0 fully saturated rings. The summed E-state index contributed by atoms with van der Waals surface area (Å²) in [6.07, 6.45) is 1.17. The molecule has 1 rings (SSSR count). The third kappa shape index (κ3) is 1.44. The Morgan fingerprint density at radius 3 is 2.25 bits per heavy atom. The van der Waals surface area contributed by atoms with Crippen molar-refractivity contribution in [1.82, 2.24) is 0 Å². The molecule has 0 aromatic carbocycles. The molecule has 0 unspecified atom stereocenters. The lowest BCUT2D eigenvalue weighted by Crippen LogP contribution is -1.84. The van der Waals surface area contributed by atoms with Crippen molar-refractivity contribution in [2.45, 2.75) is 20.3 Å². The molecule has 0 aliphatic heterocycles. The molecule has 0 radical (unpaired) electrons. The van der Waals surface area contributed by atoms with Crippen LogP contribution in [-0.2, 0) is 0 Å². The summed E-state index contributed by atoms with van der Waals surface area (Å²) in [6, 6.07) is 0. The van der Waals surface area contributed by atoms with E-state index in [4.69, 9.17) is 0 Å². The minimum atomic E-state index is -1.09. The summed E-state index contributed by atoms with van der Waals surface area (Å²) >= 11 is 0. The first-order valence-corrected chi connectivity index (χ1v) is 3.62. The van der Waals surface area contributed by atoms with Crippen LogP contribution < -0.4 is 0 Å². The molecule has 1 aliphatic rings. The van der Waals surface area contributed by atoms with Crippen molar-refractivity contribution in [3.8, 4) is 0 Å². The number of halogens is 3. The lowest BCUT2D eigenvalue weighted by molar-refractivity contribution is 0.530. The van der Waals surface area contributed by atoms with Crippen LogP contribution in [0.5, 0.6) is 0 Å². The van der Waals surface area contributed by atoms with Crippen molar-refractivity contribution in [2.24, 2.45) is 0 Å². The van der Waals surface area contributed by atoms with E-state index in [9.17, 15) is 13.2 Å². The summed E-state index contributed by atoms with van der Waals surface area (Å²) in [6.45, 7) is 2.74. The van der Waals surface area contributed by atoms with Crippen LogP contribution in [-0.4, -0.2) is 0 Å². The molecular formula is C9H9F3. The van der Waals surface area contributed by atoms with Gasteiger partial charge in [-0.1, -0.05) is 0 Å². The Hall–Kier alpha value is -0.990. The molecule has 0 aromatic rings. The largest absolute Gasteiger partial charge is 0.207 e. The summed E-state index contributed by atoms with van der Waals surface area (Å²) in [5.74, 6) is -2.71. The van der Waals surface area contributed by atoms with Crippen LogP contribution in [0.25, 0.3) is 0 Å². The van der Waals surface area contributed by atoms with Gasteiger partial charge in [-0.3, -0.25) is 0 Å². The van der Waals surface area contributed by atoms with E-state index in [2.05, 4.69) is 0 Å². The van der Waals surface area contributed by atoms with Gasteiger partial charge in [0.15, 0.2) is 11.7 Å². The third-order valence-corrected chi connectivity index (χ3v) is 1.83. The third-order valence-electron chi connectivity index (χ3n) is 1.83. The molecule has 66 valence electrons. The Labute approximate surface area is 69.1 Å². The van der Waals surface area contributed by atoms with Crippen molar-refractivity contribution in [1.29, 1.82) is 0 Å². The van der Waals surface area contributed by atoms with Crippen LogP contribution >= 0.6 is 0 Å². The Morgan fingerprint density at radius 2 is 1.67 bits per heavy atom. The zero-order chi connectivity index (χ0) is 9.30. The molecule has 0 heterocycles. The molecule has 0 saturated carbocycles. The highest BCUT2D eigenvalue weighted by Crippen LogP contribution is 2.30. The van der Waals surface area contributed by atoms with Crippen molar-refractivity contribution < 1.29 is 13.2 Å². The average Bonchev–Trinajstić information content (AvgIpc) is 2.14. The van der Waals surface area contributed by atoms with E-state index in [1.807, 2.05) is 0 Å². The molecule has 0 atom stereocenters. The van der Waals surface area contributed by atoms with E-state index in [1.165, 1.54) is 13.8 Å². The first kappa shape index (κ1) is 9.10. The summed E-state index contributed by atoms with van der Waals surface area (Å²) < 4.78 is 38.5. The van der Waals surface area contributed by atoms with E-state index in [0.717, 1.165) is 6.08 Å². The lowest BCUT2D eigenvalue weighted by atomic mass is 10.1. The predicted molar refractivity (Wildman–Crippen MR) is 41.4 cm³/mol. The Morgan fingerprint density at radius 1 is 1.08 bits per heavy atom. The second-order valence-corrected chi connectivity index (χ2v) is 2.79. The maximum Gasteiger partial charge on any atom is 0.164 e. The Balaban J connectivity index is 3.23. The molecular weight excluding hydrogens is 165 g/mol. The van der Waals surface area contributed by atoms with Gasteiger partial charge in [-0.25, -0.2) is 13.2 Å². The zero-order valence-corrected chi connectivity index (χ0v) is 6.92. The lowest BCUT2D eigenvalue weighted by Gasteiger charge is -1.99.